The van der Waals surface area contributed by atoms with Crippen LogP contribution in [0.25, 0.3) is 0 Å². The number of nitrogens with zero attached hydrogens (tertiary/aromatic N) is 2. The minimum atomic E-state index is -3.35. The number of amides is 1. The Morgan fingerprint density at radius 3 is 2.55 bits per heavy atom. The molecule has 6 nitrogen and oxygen atoms in total. The molecule has 0 aliphatic rings. The fourth-order valence-corrected chi connectivity index (χ4v) is 2.78. The Balaban J connectivity index is 2.48. The molecule has 124 valence electrons. The highest BCUT2D eigenvalue weighted by Gasteiger charge is 2.18. The van der Waals surface area contributed by atoms with Gasteiger partial charge in [0.15, 0.2) is 0 Å². The maximum Gasteiger partial charge on any atom is 0.221 e. The third-order valence-electron chi connectivity index (χ3n) is 3.27. The van der Waals surface area contributed by atoms with Crippen molar-refractivity contribution in [3.63, 3.8) is 0 Å². The lowest BCUT2D eigenvalue weighted by Gasteiger charge is -2.19. The molecule has 1 N–H and O–H groups in total. The summed E-state index contributed by atoms with van der Waals surface area (Å²) in [5, 5.41) is 2.82. The molecule has 1 rings (SSSR count). The van der Waals surface area contributed by atoms with Crippen molar-refractivity contribution in [2.75, 3.05) is 19.3 Å². The fraction of sp³-hybridized carbons (Fsp3) is 0.600. The molecule has 0 aliphatic carbocycles. The molecule has 0 saturated heterocycles. The van der Waals surface area contributed by atoms with Gasteiger partial charge in [-0.15, -0.1) is 0 Å². The van der Waals surface area contributed by atoms with Crippen LogP contribution in [0.15, 0.2) is 24.5 Å². The van der Waals surface area contributed by atoms with E-state index in [1.807, 2.05) is 0 Å². The molecule has 0 aromatic carbocycles. The smallest absolute Gasteiger partial charge is 0.221 e. The first-order chi connectivity index (χ1) is 10.4. The lowest BCUT2D eigenvalue weighted by Crippen LogP contribution is -2.34. The van der Waals surface area contributed by atoms with Crippen LogP contribution in [0.5, 0.6) is 0 Å². The third-order valence-corrected chi connectivity index (χ3v) is 4.52. The maximum absolute atomic E-state index is 11.8. The van der Waals surface area contributed by atoms with Gasteiger partial charge >= 0.3 is 0 Å². The lowest BCUT2D eigenvalue weighted by molar-refractivity contribution is -0.121. The first-order valence-corrected chi connectivity index (χ1v) is 9.39. The van der Waals surface area contributed by atoms with Crippen LogP contribution in [0, 0.1) is 0 Å². The summed E-state index contributed by atoms with van der Waals surface area (Å²) in [6.45, 7) is 3.19. The quantitative estimate of drug-likeness (QED) is 0.661. The SMILES string of the molecule is CCCCCNC(=O)CCN(Cc1ccncc1)S(C)(=O)=O. The van der Waals surface area contributed by atoms with Crippen LogP contribution >= 0.6 is 0 Å². The third kappa shape index (κ3) is 7.51. The second kappa shape index (κ2) is 9.53. The molecule has 0 aliphatic heterocycles. The number of unbranched alkanes of at least 4 members (excludes halogenated alkanes) is 2. The Labute approximate surface area is 133 Å². The number of aromatic nitrogens is 1. The van der Waals surface area contributed by atoms with E-state index in [2.05, 4.69) is 17.2 Å². The first-order valence-electron chi connectivity index (χ1n) is 7.54. The minimum Gasteiger partial charge on any atom is -0.356 e. The molecule has 1 heterocycles. The molecule has 22 heavy (non-hydrogen) atoms. The van der Waals surface area contributed by atoms with Crippen molar-refractivity contribution in [1.29, 1.82) is 0 Å². The summed E-state index contributed by atoms with van der Waals surface area (Å²) >= 11 is 0. The van der Waals surface area contributed by atoms with E-state index in [9.17, 15) is 13.2 Å². The molecule has 0 unspecified atom stereocenters. The lowest BCUT2D eigenvalue weighted by atomic mass is 10.2. The van der Waals surface area contributed by atoms with Crippen molar-refractivity contribution in [2.24, 2.45) is 0 Å². The topological polar surface area (TPSA) is 79.4 Å². The van der Waals surface area contributed by atoms with Crippen molar-refractivity contribution >= 4 is 15.9 Å². The number of hydrogen-bond acceptors (Lipinski definition) is 4. The zero-order chi connectivity index (χ0) is 16.4. The molecule has 1 amide bonds. The van der Waals surface area contributed by atoms with Gasteiger partial charge in [-0.2, -0.15) is 4.31 Å². The van der Waals surface area contributed by atoms with Gasteiger partial charge in [-0.1, -0.05) is 19.8 Å². The zero-order valence-corrected chi connectivity index (χ0v) is 14.1. The van der Waals surface area contributed by atoms with Gasteiger partial charge in [0.2, 0.25) is 15.9 Å². The summed E-state index contributed by atoms with van der Waals surface area (Å²) in [6, 6.07) is 3.53. The Kier molecular flexibility index (Phi) is 8.05. The van der Waals surface area contributed by atoms with Crippen molar-refractivity contribution in [3.05, 3.63) is 30.1 Å². The van der Waals surface area contributed by atoms with Crippen LogP contribution < -0.4 is 5.32 Å². The molecule has 7 heteroatoms. The number of sulfonamides is 1. The second-order valence-corrected chi connectivity index (χ2v) is 7.24. The Bertz CT molecular complexity index is 546. The first kappa shape index (κ1) is 18.6. The summed E-state index contributed by atoms with van der Waals surface area (Å²) in [7, 11) is -3.35. The summed E-state index contributed by atoms with van der Waals surface area (Å²) in [6.07, 6.45) is 7.71. The Hall–Kier alpha value is -1.47. The highest BCUT2D eigenvalue weighted by molar-refractivity contribution is 7.88. The van der Waals surface area contributed by atoms with Crippen molar-refractivity contribution in [2.45, 2.75) is 39.2 Å². The van der Waals surface area contributed by atoms with Gasteiger partial charge in [-0.3, -0.25) is 9.78 Å². The monoisotopic (exact) mass is 327 g/mol. The van der Waals surface area contributed by atoms with E-state index >= 15 is 0 Å². The van der Waals surface area contributed by atoms with Crippen LogP contribution in [-0.2, 0) is 21.4 Å². The Morgan fingerprint density at radius 2 is 1.95 bits per heavy atom. The van der Waals surface area contributed by atoms with E-state index in [-0.39, 0.29) is 25.4 Å². The van der Waals surface area contributed by atoms with E-state index in [1.165, 1.54) is 4.31 Å². The fourth-order valence-electron chi connectivity index (χ4n) is 1.97. The standard InChI is InChI=1S/C15H25N3O3S/c1-3-4-5-9-17-15(19)8-12-18(22(2,20)21)13-14-6-10-16-11-7-14/h6-7,10-11H,3-5,8-9,12-13H2,1-2H3,(H,17,19). The molecule has 1 aromatic rings. The van der Waals surface area contributed by atoms with Gasteiger partial charge in [0.05, 0.1) is 6.26 Å². The van der Waals surface area contributed by atoms with Crippen LogP contribution in [0.4, 0.5) is 0 Å². The molecular weight excluding hydrogens is 302 g/mol. The predicted molar refractivity (Wildman–Crippen MR) is 86.6 cm³/mol. The van der Waals surface area contributed by atoms with Gasteiger partial charge in [-0.05, 0) is 24.1 Å². The number of hydrogen-bond donors (Lipinski definition) is 1. The van der Waals surface area contributed by atoms with E-state index in [1.54, 1.807) is 24.5 Å². The molecule has 1 aromatic heterocycles. The minimum absolute atomic E-state index is 0.112. The molecule has 0 atom stereocenters. The van der Waals surface area contributed by atoms with Gasteiger partial charge in [0.1, 0.15) is 0 Å². The number of pyridine rings is 1. The van der Waals surface area contributed by atoms with Crippen LogP contribution in [0.1, 0.15) is 38.2 Å². The van der Waals surface area contributed by atoms with Crippen molar-refractivity contribution in [3.8, 4) is 0 Å². The molecule has 0 bridgehead atoms. The van der Waals surface area contributed by atoms with Crippen LogP contribution in [-0.4, -0.2) is 43.0 Å². The number of carbonyl (C=O) groups excluding carboxylic acids is 1. The highest BCUT2D eigenvalue weighted by Crippen LogP contribution is 2.08. The average molecular weight is 327 g/mol. The molecular formula is C15H25N3O3S. The van der Waals surface area contributed by atoms with Gasteiger partial charge in [0.25, 0.3) is 0 Å². The van der Waals surface area contributed by atoms with Crippen LogP contribution in [0.2, 0.25) is 0 Å². The van der Waals surface area contributed by atoms with E-state index < -0.39 is 10.0 Å². The van der Waals surface area contributed by atoms with Gasteiger partial charge in [-0.25, -0.2) is 8.42 Å². The molecule has 0 fully saturated rings. The van der Waals surface area contributed by atoms with Gasteiger partial charge in [0, 0.05) is 38.4 Å². The summed E-state index contributed by atoms with van der Waals surface area (Å²) < 4.78 is 25.0. The normalized spacial score (nSPS) is 11.6. The summed E-state index contributed by atoms with van der Waals surface area (Å²) in [4.78, 5) is 15.7. The molecule has 0 saturated carbocycles. The number of carbonyl (C=O) groups is 1. The van der Waals surface area contributed by atoms with E-state index in [4.69, 9.17) is 0 Å². The summed E-state index contributed by atoms with van der Waals surface area (Å²) in [5.74, 6) is -0.112. The highest BCUT2D eigenvalue weighted by atomic mass is 32.2. The predicted octanol–water partition coefficient (Wildman–Crippen LogP) is 1.54. The largest absolute Gasteiger partial charge is 0.356 e. The van der Waals surface area contributed by atoms with E-state index in [0.717, 1.165) is 31.1 Å². The second-order valence-electron chi connectivity index (χ2n) is 5.26. The van der Waals surface area contributed by atoms with Crippen molar-refractivity contribution < 1.29 is 13.2 Å². The van der Waals surface area contributed by atoms with Gasteiger partial charge < -0.3 is 5.32 Å². The number of rotatable bonds is 10. The summed E-state index contributed by atoms with van der Waals surface area (Å²) in [5.41, 5.74) is 0.851. The average Bonchev–Trinajstić information content (AvgIpc) is 2.48. The number of nitrogens with one attached hydrogen (secondary N) is 1. The Morgan fingerprint density at radius 1 is 1.27 bits per heavy atom. The molecule has 0 spiro atoms. The van der Waals surface area contributed by atoms with Crippen LogP contribution in [0.3, 0.4) is 0 Å². The zero-order valence-electron chi connectivity index (χ0n) is 13.3. The molecule has 0 radical (unpaired) electrons. The maximum atomic E-state index is 11.8. The van der Waals surface area contributed by atoms with E-state index in [0.29, 0.717) is 6.54 Å². The van der Waals surface area contributed by atoms with Crippen molar-refractivity contribution in [1.82, 2.24) is 14.6 Å².